The Labute approximate surface area is 61.3 Å². The molecule has 2 aliphatic rings. The van der Waals surface area contributed by atoms with Crippen LogP contribution in [-0.4, -0.2) is 0 Å². The molecule has 0 saturated carbocycles. The van der Waals surface area contributed by atoms with Crippen molar-refractivity contribution in [3.8, 4) is 0 Å². The van der Waals surface area contributed by atoms with Crippen molar-refractivity contribution in [2.45, 2.75) is 6.42 Å². The summed E-state index contributed by atoms with van der Waals surface area (Å²) in [5.74, 6) is 0.593. The molecule has 0 spiro atoms. The first-order valence-corrected chi connectivity index (χ1v) is 3.67. The van der Waals surface area contributed by atoms with E-state index in [2.05, 4.69) is 42.5 Å². The molecule has 1 atom stereocenters. The summed E-state index contributed by atoms with van der Waals surface area (Å²) in [5.41, 5.74) is 1.52. The van der Waals surface area contributed by atoms with Gasteiger partial charge in [0, 0.05) is 5.92 Å². The monoisotopic (exact) mass is 130 g/mol. The summed E-state index contributed by atoms with van der Waals surface area (Å²) in [6, 6.07) is 0. The second-order valence-electron chi connectivity index (χ2n) is 2.67. The number of allylic oxidation sites excluding steroid dienone is 8. The number of hydrogen-bond acceptors (Lipinski definition) is 0. The molecule has 2 aliphatic carbocycles. The van der Waals surface area contributed by atoms with E-state index in [0.717, 1.165) is 6.42 Å². The molecule has 0 heteroatoms. The van der Waals surface area contributed by atoms with E-state index in [9.17, 15) is 0 Å². The molecular weight excluding hydrogens is 120 g/mol. The van der Waals surface area contributed by atoms with E-state index in [4.69, 9.17) is 0 Å². The van der Waals surface area contributed by atoms with Crippen LogP contribution >= 0.6 is 0 Å². The van der Waals surface area contributed by atoms with Gasteiger partial charge in [0.25, 0.3) is 0 Å². The van der Waals surface area contributed by atoms with E-state index >= 15 is 0 Å². The fraction of sp³-hybridized carbons (Fsp3) is 0.200. The Morgan fingerprint density at radius 1 is 1.10 bits per heavy atom. The second kappa shape index (κ2) is 2.30. The maximum Gasteiger partial charge on any atom is 0.0166 e. The van der Waals surface area contributed by atoms with Gasteiger partial charge in [-0.25, -0.2) is 0 Å². The fourth-order valence-electron chi connectivity index (χ4n) is 1.40. The lowest BCUT2D eigenvalue weighted by atomic mass is 10.0. The van der Waals surface area contributed by atoms with Crippen LogP contribution in [0.5, 0.6) is 0 Å². The van der Waals surface area contributed by atoms with Gasteiger partial charge >= 0.3 is 0 Å². The zero-order valence-electron chi connectivity index (χ0n) is 5.83. The average Bonchev–Trinajstić information content (AvgIpc) is 2.28. The first-order chi connectivity index (χ1) is 4.97. The zero-order valence-corrected chi connectivity index (χ0v) is 5.83. The lowest BCUT2D eigenvalue weighted by Gasteiger charge is -2.01. The molecule has 0 aromatic carbocycles. The van der Waals surface area contributed by atoms with Gasteiger partial charge < -0.3 is 0 Å². The number of fused-ring (bicyclic) bond motifs is 1. The molecular formula is C10H10. The van der Waals surface area contributed by atoms with Crippen molar-refractivity contribution in [2.24, 2.45) is 5.92 Å². The van der Waals surface area contributed by atoms with Gasteiger partial charge in [-0.1, -0.05) is 48.1 Å². The van der Waals surface area contributed by atoms with E-state index in [1.165, 1.54) is 5.57 Å². The van der Waals surface area contributed by atoms with Gasteiger partial charge in [-0.15, -0.1) is 0 Å². The first-order valence-electron chi connectivity index (χ1n) is 3.67. The standard InChI is InChI=1S/C10H10/c1-2-5-9-7-4-8-10(9)6-3-1/h1-7,9H,8H2. The second-order valence-corrected chi connectivity index (χ2v) is 2.67. The highest BCUT2D eigenvalue weighted by molar-refractivity contribution is 5.35. The minimum Gasteiger partial charge on any atom is -0.0835 e. The highest BCUT2D eigenvalue weighted by atomic mass is 14.2. The number of rotatable bonds is 0. The van der Waals surface area contributed by atoms with E-state index in [1.807, 2.05) is 0 Å². The van der Waals surface area contributed by atoms with E-state index in [-0.39, 0.29) is 0 Å². The van der Waals surface area contributed by atoms with Crippen molar-refractivity contribution < 1.29 is 0 Å². The molecule has 0 amide bonds. The maximum absolute atomic E-state index is 2.26. The van der Waals surface area contributed by atoms with Gasteiger partial charge in [-0.3, -0.25) is 0 Å². The molecule has 0 nitrogen and oxygen atoms in total. The summed E-state index contributed by atoms with van der Waals surface area (Å²) in [7, 11) is 0. The molecule has 0 heterocycles. The zero-order chi connectivity index (χ0) is 6.81. The summed E-state index contributed by atoms with van der Waals surface area (Å²) in [6.07, 6.45) is 16.4. The highest BCUT2D eigenvalue weighted by Gasteiger charge is 2.11. The average molecular weight is 130 g/mol. The van der Waals surface area contributed by atoms with Crippen molar-refractivity contribution in [3.63, 3.8) is 0 Å². The third-order valence-corrected chi connectivity index (χ3v) is 1.98. The normalized spacial score (nSPS) is 28.0. The van der Waals surface area contributed by atoms with Crippen molar-refractivity contribution >= 4 is 0 Å². The molecule has 50 valence electrons. The summed E-state index contributed by atoms with van der Waals surface area (Å²) in [4.78, 5) is 0. The van der Waals surface area contributed by atoms with Crippen LogP contribution in [0, 0.1) is 5.92 Å². The molecule has 0 fully saturated rings. The highest BCUT2D eigenvalue weighted by Crippen LogP contribution is 2.26. The van der Waals surface area contributed by atoms with Gasteiger partial charge in [0.2, 0.25) is 0 Å². The molecule has 2 rings (SSSR count). The predicted molar refractivity (Wildman–Crippen MR) is 43.6 cm³/mol. The Kier molecular flexibility index (Phi) is 1.31. The van der Waals surface area contributed by atoms with Crippen LogP contribution in [0.1, 0.15) is 6.42 Å². The first kappa shape index (κ1) is 5.72. The van der Waals surface area contributed by atoms with Crippen LogP contribution in [-0.2, 0) is 0 Å². The summed E-state index contributed by atoms with van der Waals surface area (Å²) in [5, 5.41) is 0. The van der Waals surface area contributed by atoms with Gasteiger partial charge in [0.15, 0.2) is 0 Å². The Hall–Kier alpha value is -1.04. The molecule has 0 aromatic heterocycles. The van der Waals surface area contributed by atoms with Crippen LogP contribution in [0.2, 0.25) is 0 Å². The van der Waals surface area contributed by atoms with Gasteiger partial charge in [-0.2, -0.15) is 0 Å². The third-order valence-electron chi connectivity index (χ3n) is 1.98. The summed E-state index contributed by atoms with van der Waals surface area (Å²) < 4.78 is 0. The van der Waals surface area contributed by atoms with Gasteiger partial charge in [0.05, 0.1) is 0 Å². The molecule has 0 N–H and O–H groups in total. The van der Waals surface area contributed by atoms with E-state index in [0.29, 0.717) is 5.92 Å². The Balaban J connectivity index is 2.35. The predicted octanol–water partition coefficient (Wildman–Crippen LogP) is 2.61. The molecule has 0 bridgehead atoms. The van der Waals surface area contributed by atoms with Crippen molar-refractivity contribution in [1.29, 1.82) is 0 Å². The van der Waals surface area contributed by atoms with Crippen LogP contribution in [0.25, 0.3) is 0 Å². The fourth-order valence-corrected chi connectivity index (χ4v) is 1.40. The van der Waals surface area contributed by atoms with Crippen molar-refractivity contribution in [3.05, 3.63) is 48.1 Å². The minimum atomic E-state index is 0.593. The molecule has 10 heavy (non-hydrogen) atoms. The van der Waals surface area contributed by atoms with Crippen molar-refractivity contribution in [1.82, 2.24) is 0 Å². The third kappa shape index (κ3) is 0.860. The van der Waals surface area contributed by atoms with Gasteiger partial charge in [0.1, 0.15) is 0 Å². The molecule has 0 radical (unpaired) electrons. The quantitative estimate of drug-likeness (QED) is 0.442. The number of hydrogen-bond donors (Lipinski definition) is 0. The van der Waals surface area contributed by atoms with Crippen LogP contribution in [0.4, 0.5) is 0 Å². The maximum atomic E-state index is 2.26. The summed E-state index contributed by atoms with van der Waals surface area (Å²) >= 11 is 0. The largest absolute Gasteiger partial charge is 0.0835 e. The van der Waals surface area contributed by atoms with Crippen LogP contribution in [0.15, 0.2) is 48.1 Å². The SMILES string of the molecule is C1=CC=C2CC=CC2C=C1. The molecule has 0 saturated heterocycles. The van der Waals surface area contributed by atoms with Gasteiger partial charge in [-0.05, 0) is 6.42 Å². The summed E-state index contributed by atoms with van der Waals surface area (Å²) in [6.45, 7) is 0. The lowest BCUT2D eigenvalue weighted by Crippen LogP contribution is -1.88. The van der Waals surface area contributed by atoms with Crippen LogP contribution in [0.3, 0.4) is 0 Å². The Morgan fingerprint density at radius 2 is 2.10 bits per heavy atom. The van der Waals surface area contributed by atoms with E-state index in [1.54, 1.807) is 0 Å². The van der Waals surface area contributed by atoms with Crippen molar-refractivity contribution in [2.75, 3.05) is 0 Å². The van der Waals surface area contributed by atoms with E-state index < -0.39 is 0 Å². The smallest absolute Gasteiger partial charge is 0.0166 e. The topological polar surface area (TPSA) is 0 Å². The molecule has 0 aliphatic heterocycles. The minimum absolute atomic E-state index is 0.593. The Morgan fingerprint density at radius 3 is 3.10 bits per heavy atom. The Bertz CT molecular complexity index is 239. The molecule has 0 aromatic rings. The lowest BCUT2D eigenvalue weighted by molar-refractivity contribution is 0.985. The van der Waals surface area contributed by atoms with Crippen LogP contribution < -0.4 is 0 Å². The molecule has 1 unspecified atom stereocenters.